The number of hydrogen-bond acceptors (Lipinski definition) is 4. The highest BCUT2D eigenvalue weighted by atomic mass is 79.9. The monoisotopic (exact) mass is 321 g/mol. The summed E-state index contributed by atoms with van der Waals surface area (Å²) in [5.74, 6) is -0.275. The van der Waals surface area contributed by atoms with Crippen LogP contribution in [0, 0.1) is 0 Å². The van der Waals surface area contributed by atoms with E-state index in [0.717, 1.165) is 0 Å². The molecule has 0 saturated heterocycles. The van der Waals surface area contributed by atoms with Crippen LogP contribution in [0.5, 0.6) is 0 Å². The summed E-state index contributed by atoms with van der Waals surface area (Å²) in [4.78, 5) is 0.218. The van der Waals surface area contributed by atoms with Gasteiger partial charge in [-0.05, 0) is 34.6 Å². The molecule has 1 aromatic rings. The molecule has 0 amide bonds. The van der Waals surface area contributed by atoms with Crippen LogP contribution in [0.25, 0.3) is 0 Å². The van der Waals surface area contributed by atoms with Gasteiger partial charge in [-0.15, -0.1) is 0 Å². The maximum atomic E-state index is 12.0. The van der Waals surface area contributed by atoms with E-state index in [1.807, 2.05) is 6.92 Å². The molecule has 2 N–H and O–H groups in total. The van der Waals surface area contributed by atoms with Crippen LogP contribution < -0.4 is 5.32 Å². The van der Waals surface area contributed by atoms with E-state index in [1.165, 1.54) is 6.07 Å². The summed E-state index contributed by atoms with van der Waals surface area (Å²) >= 11 is 3.20. The van der Waals surface area contributed by atoms with Crippen LogP contribution in [0.4, 0.5) is 0 Å². The molecule has 6 heteroatoms. The first-order chi connectivity index (χ1) is 7.97. The lowest BCUT2D eigenvalue weighted by atomic mass is 10.4. The zero-order chi connectivity index (χ0) is 12.9. The Labute approximate surface area is 110 Å². The molecule has 0 fully saturated rings. The quantitative estimate of drug-likeness (QED) is 0.826. The molecule has 0 radical (unpaired) electrons. The second-order valence-corrected chi connectivity index (χ2v) is 6.53. The first-order valence-electron chi connectivity index (χ1n) is 5.33. The molecule has 1 atom stereocenters. The summed E-state index contributed by atoms with van der Waals surface area (Å²) in [6.07, 6.45) is -0.896. The molecule has 0 aliphatic heterocycles. The number of rotatable bonds is 6. The van der Waals surface area contributed by atoms with Gasteiger partial charge in [-0.1, -0.05) is 19.1 Å². The minimum absolute atomic E-state index is 0.218. The largest absolute Gasteiger partial charge is 0.391 e. The number of benzene rings is 1. The summed E-state index contributed by atoms with van der Waals surface area (Å²) in [7, 11) is -3.46. The van der Waals surface area contributed by atoms with Crippen molar-refractivity contribution >= 4 is 25.8 Å². The van der Waals surface area contributed by atoms with Gasteiger partial charge in [0.1, 0.15) is 0 Å². The number of nitrogens with one attached hydrogen (secondary N) is 1. The molecule has 0 aliphatic rings. The molecule has 0 spiro atoms. The van der Waals surface area contributed by atoms with E-state index in [9.17, 15) is 13.5 Å². The molecular formula is C11H16BrNO3S. The zero-order valence-electron chi connectivity index (χ0n) is 9.56. The second kappa shape index (κ2) is 6.49. The van der Waals surface area contributed by atoms with Crippen LogP contribution in [0.15, 0.2) is 33.6 Å². The van der Waals surface area contributed by atoms with Gasteiger partial charge in [-0.2, -0.15) is 0 Å². The van der Waals surface area contributed by atoms with Gasteiger partial charge in [-0.25, -0.2) is 8.42 Å². The molecule has 0 aliphatic carbocycles. The Morgan fingerprint density at radius 3 is 2.65 bits per heavy atom. The van der Waals surface area contributed by atoms with Crippen LogP contribution in [0.2, 0.25) is 0 Å². The normalized spacial score (nSPS) is 13.6. The fourth-order valence-corrected chi connectivity index (χ4v) is 3.89. The Hall–Kier alpha value is -0.430. The summed E-state index contributed by atoms with van der Waals surface area (Å²) < 4.78 is 24.5. The minimum Gasteiger partial charge on any atom is -0.391 e. The molecule has 0 heterocycles. The summed E-state index contributed by atoms with van der Waals surface area (Å²) in [6.45, 7) is 2.88. The Balaban J connectivity index is 2.79. The highest BCUT2D eigenvalue weighted by Gasteiger charge is 2.21. The van der Waals surface area contributed by atoms with Gasteiger partial charge in [0.15, 0.2) is 9.84 Å². The van der Waals surface area contributed by atoms with Gasteiger partial charge in [0.2, 0.25) is 0 Å². The van der Waals surface area contributed by atoms with Crippen LogP contribution >= 0.6 is 15.9 Å². The van der Waals surface area contributed by atoms with Crippen molar-refractivity contribution in [2.75, 3.05) is 18.8 Å². The molecule has 4 nitrogen and oxygen atoms in total. The molecule has 96 valence electrons. The van der Waals surface area contributed by atoms with Crippen molar-refractivity contribution in [1.82, 2.24) is 5.32 Å². The van der Waals surface area contributed by atoms with Crippen molar-refractivity contribution in [3.8, 4) is 0 Å². The molecule has 17 heavy (non-hydrogen) atoms. The second-order valence-electron chi connectivity index (χ2n) is 3.67. The highest BCUT2D eigenvalue weighted by Crippen LogP contribution is 2.22. The van der Waals surface area contributed by atoms with Crippen molar-refractivity contribution in [2.45, 2.75) is 17.9 Å². The summed E-state index contributed by atoms with van der Waals surface area (Å²) in [6, 6.07) is 6.61. The standard InChI is InChI=1S/C11H16BrNO3S/c1-2-13-7-9(14)8-17(15,16)11-6-4-3-5-10(11)12/h3-6,9,13-14H,2,7-8H2,1H3. The van der Waals surface area contributed by atoms with Crippen LogP contribution in [0.3, 0.4) is 0 Å². The van der Waals surface area contributed by atoms with Gasteiger partial charge in [0, 0.05) is 11.0 Å². The first-order valence-corrected chi connectivity index (χ1v) is 7.78. The van der Waals surface area contributed by atoms with Gasteiger partial charge in [-0.3, -0.25) is 0 Å². The molecule has 1 rings (SSSR count). The minimum atomic E-state index is -3.46. The molecule has 0 aromatic heterocycles. The van der Waals surface area contributed by atoms with E-state index in [0.29, 0.717) is 11.0 Å². The Bertz CT molecular complexity index is 462. The van der Waals surface area contributed by atoms with Gasteiger partial charge in [0.25, 0.3) is 0 Å². The van der Waals surface area contributed by atoms with Crippen molar-refractivity contribution in [3.05, 3.63) is 28.7 Å². The van der Waals surface area contributed by atoms with E-state index in [2.05, 4.69) is 21.2 Å². The lowest BCUT2D eigenvalue weighted by Gasteiger charge is -2.12. The van der Waals surface area contributed by atoms with Crippen LogP contribution in [0.1, 0.15) is 6.92 Å². The number of aliphatic hydroxyl groups is 1. The number of aliphatic hydroxyl groups excluding tert-OH is 1. The van der Waals surface area contributed by atoms with Crippen molar-refractivity contribution in [1.29, 1.82) is 0 Å². The predicted molar refractivity (Wildman–Crippen MR) is 70.7 cm³/mol. The van der Waals surface area contributed by atoms with E-state index in [4.69, 9.17) is 0 Å². The summed E-state index contributed by atoms with van der Waals surface area (Å²) in [5, 5.41) is 12.5. The third-order valence-electron chi connectivity index (χ3n) is 2.21. The average Bonchev–Trinajstić information content (AvgIpc) is 2.26. The van der Waals surface area contributed by atoms with E-state index >= 15 is 0 Å². The lowest BCUT2D eigenvalue weighted by molar-refractivity contribution is 0.194. The maximum absolute atomic E-state index is 12.0. The molecular weight excluding hydrogens is 306 g/mol. The SMILES string of the molecule is CCNCC(O)CS(=O)(=O)c1ccccc1Br. The van der Waals surface area contributed by atoms with E-state index < -0.39 is 15.9 Å². The maximum Gasteiger partial charge on any atom is 0.182 e. The third kappa shape index (κ3) is 4.39. The lowest BCUT2D eigenvalue weighted by Crippen LogP contribution is -2.32. The molecule has 0 saturated carbocycles. The highest BCUT2D eigenvalue weighted by molar-refractivity contribution is 9.10. The van der Waals surface area contributed by atoms with Gasteiger partial charge >= 0.3 is 0 Å². The van der Waals surface area contributed by atoms with Crippen molar-refractivity contribution < 1.29 is 13.5 Å². The Kier molecular flexibility index (Phi) is 5.58. The van der Waals surface area contributed by atoms with Crippen LogP contribution in [-0.4, -0.2) is 38.5 Å². The van der Waals surface area contributed by atoms with Crippen LogP contribution in [-0.2, 0) is 9.84 Å². The molecule has 1 aromatic carbocycles. The first kappa shape index (κ1) is 14.6. The fraction of sp³-hybridized carbons (Fsp3) is 0.455. The number of sulfone groups is 1. The van der Waals surface area contributed by atoms with Crippen molar-refractivity contribution in [3.63, 3.8) is 0 Å². The molecule has 0 bridgehead atoms. The third-order valence-corrected chi connectivity index (χ3v) is 5.02. The van der Waals surface area contributed by atoms with Gasteiger partial charge in [0.05, 0.1) is 16.8 Å². The predicted octanol–water partition coefficient (Wildman–Crippen LogP) is 1.19. The Morgan fingerprint density at radius 1 is 1.41 bits per heavy atom. The number of likely N-dealkylation sites (N-methyl/N-ethyl adjacent to an activating group) is 1. The van der Waals surface area contributed by atoms with E-state index in [-0.39, 0.29) is 17.2 Å². The van der Waals surface area contributed by atoms with Crippen molar-refractivity contribution in [2.24, 2.45) is 0 Å². The number of hydrogen-bond donors (Lipinski definition) is 2. The summed E-state index contributed by atoms with van der Waals surface area (Å²) in [5.41, 5.74) is 0. The smallest absolute Gasteiger partial charge is 0.182 e. The molecule has 1 unspecified atom stereocenters. The Morgan fingerprint density at radius 2 is 2.06 bits per heavy atom. The zero-order valence-corrected chi connectivity index (χ0v) is 12.0. The van der Waals surface area contributed by atoms with Gasteiger partial charge < -0.3 is 10.4 Å². The average molecular weight is 322 g/mol. The fourth-order valence-electron chi connectivity index (χ4n) is 1.41. The van der Waals surface area contributed by atoms with E-state index in [1.54, 1.807) is 18.2 Å². The number of halogens is 1. The topological polar surface area (TPSA) is 66.4 Å².